The summed E-state index contributed by atoms with van der Waals surface area (Å²) in [7, 11) is 0. The van der Waals surface area contributed by atoms with Crippen molar-refractivity contribution in [2.24, 2.45) is 0 Å². The fourth-order valence-corrected chi connectivity index (χ4v) is 0.761. The smallest absolute Gasteiger partial charge is 0.370 e. The van der Waals surface area contributed by atoms with Gasteiger partial charge in [0.2, 0.25) is 5.91 Å². The second-order valence-electron chi connectivity index (χ2n) is 3.13. The van der Waals surface area contributed by atoms with Crippen LogP contribution in [-0.2, 0) is 14.3 Å². The van der Waals surface area contributed by atoms with Crippen LogP contribution in [-0.4, -0.2) is 51.2 Å². The van der Waals surface area contributed by atoms with Gasteiger partial charge in [0.15, 0.2) is 0 Å². The first-order chi connectivity index (χ1) is 8.10. The van der Waals surface area contributed by atoms with Crippen LogP contribution in [0, 0.1) is 0 Å². The normalized spacial score (nSPS) is 12.6. The third-order valence-corrected chi connectivity index (χ3v) is 1.33. The minimum atomic E-state index is -4.53. The molecule has 18 heavy (non-hydrogen) atoms. The predicted octanol–water partition coefficient (Wildman–Crippen LogP) is 1.26. The summed E-state index contributed by atoms with van der Waals surface area (Å²) in [6.07, 6.45) is -8.99. The van der Waals surface area contributed by atoms with Gasteiger partial charge in [0.1, 0.15) is 19.8 Å². The highest BCUT2D eigenvalue weighted by molar-refractivity contribution is 5.77. The van der Waals surface area contributed by atoms with Crippen LogP contribution in [0.15, 0.2) is 0 Å². The molecule has 0 aromatic rings. The molecule has 1 amide bonds. The molecule has 0 aliphatic heterocycles. The molecule has 0 aliphatic rings. The number of nitrogens with one attached hydrogen (secondary N) is 1. The predicted molar refractivity (Wildman–Crippen MR) is 46.8 cm³/mol. The Labute approximate surface area is 98.2 Å². The Bertz CT molecular complexity index is 252. The summed E-state index contributed by atoms with van der Waals surface area (Å²) >= 11 is 0. The summed E-state index contributed by atoms with van der Waals surface area (Å²) in [4.78, 5) is 10.8. The monoisotopic (exact) mass is 283 g/mol. The number of halogens is 6. The molecule has 108 valence electrons. The molecule has 0 unspecified atom stereocenters. The van der Waals surface area contributed by atoms with Gasteiger partial charge in [-0.2, -0.15) is 26.3 Å². The largest absolute Gasteiger partial charge is 0.411 e. The maximum atomic E-state index is 11.6. The Morgan fingerprint density at radius 2 is 1.44 bits per heavy atom. The topological polar surface area (TPSA) is 47.6 Å². The highest BCUT2D eigenvalue weighted by Gasteiger charge is 2.28. The Kier molecular flexibility index (Phi) is 6.99. The van der Waals surface area contributed by atoms with Crippen molar-refractivity contribution in [2.75, 3.05) is 33.0 Å². The van der Waals surface area contributed by atoms with Crippen LogP contribution >= 0.6 is 0 Å². The zero-order valence-corrected chi connectivity index (χ0v) is 9.03. The SMILES string of the molecule is O=C(COCC(F)(F)F)NCCOCC(F)(F)F. The Hall–Kier alpha value is -1.03. The molecule has 0 saturated heterocycles. The van der Waals surface area contributed by atoms with E-state index < -0.39 is 44.7 Å². The van der Waals surface area contributed by atoms with Gasteiger partial charge >= 0.3 is 12.4 Å². The molecule has 0 bridgehead atoms. The maximum Gasteiger partial charge on any atom is 0.411 e. The van der Waals surface area contributed by atoms with Gasteiger partial charge in [0, 0.05) is 6.54 Å². The molecular weight excluding hydrogens is 272 g/mol. The first-order valence-electron chi connectivity index (χ1n) is 4.66. The molecule has 10 heteroatoms. The van der Waals surface area contributed by atoms with Crippen LogP contribution in [0.5, 0.6) is 0 Å². The average molecular weight is 283 g/mol. The fraction of sp³-hybridized carbons (Fsp3) is 0.875. The van der Waals surface area contributed by atoms with Crippen molar-refractivity contribution in [3.8, 4) is 0 Å². The van der Waals surface area contributed by atoms with Gasteiger partial charge in [-0.25, -0.2) is 0 Å². The molecule has 4 nitrogen and oxygen atoms in total. The first-order valence-corrected chi connectivity index (χ1v) is 4.66. The van der Waals surface area contributed by atoms with Crippen molar-refractivity contribution in [1.82, 2.24) is 5.32 Å². The van der Waals surface area contributed by atoms with Crippen LogP contribution in [0.2, 0.25) is 0 Å². The lowest BCUT2D eigenvalue weighted by atomic mass is 10.5. The summed E-state index contributed by atoms with van der Waals surface area (Å²) in [5, 5.41) is 2.03. The number of carbonyl (C=O) groups excluding carboxylic acids is 1. The molecule has 0 radical (unpaired) electrons. The van der Waals surface area contributed by atoms with Crippen molar-refractivity contribution < 1.29 is 40.6 Å². The molecule has 0 aromatic carbocycles. The lowest BCUT2D eigenvalue weighted by molar-refractivity contribution is -0.176. The van der Waals surface area contributed by atoms with E-state index >= 15 is 0 Å². The van der Waals surface area contributed by atoms with Crippen molar-refractivity contribution in [1.29, 1.82) is 0 Å². The van der Waals surface area contributed by atoms with E-state index in [0.717, 1.165) is 0 Å². The van der Waals surface area contributed by atoms with E-state index in [1.54, 1.807) is 0 Å². The van der Waals surface area contributed by atoms with Crippen molar-refractivity contribution in [2.45, 2.75) is 12.4 Å². The second-order valence-corrected chi connectivity index (χ2v) is 3.13. The summed E-state index contributed by atoms with van der Waals surface area (Å²) in [6, 6.07) is 0. The van der Waals surface area contributed by atoms with Crippen LogP contribution < -0.4 is 5.32 Å². The molecule has 0 fully saturated rings. The van der Waals surface area contributed by atoms with Gasteiger partial charge in [-0.15, -0.1) is 0 Å². The van der Waals surface area contributed by atoms with Gasteiger partial charge in [-0.05, 0) is 0 Å². The Morgan fingerprint density at radius 1 is 0.944 bits per heavy atom. The quantitative estimate of drug-likeness (QED) is 0.565. The van der Waals surface area contributed by atoms with Gasteiger partial charge in [-0.1, -0.05) is 0 Å². The highest BCUT2D eigenvalue weighted by Crippen LogP contribution is 2.14. The van der Waals surface area contributed by atoms with E-state index in [1.165, 1.54) is 0 Å². The number of rotatable bonds is 7. The summed E-state index contributed by atoms with van der Waals surface area (Å²) in [5.74, 6) is -0.866. The Morgan fingerprint density at radius 3 is 1.94 bits per heavy atom. The molecule has 0 aliphatic carbocycles. The molecule has 0 atom stereocenters. The second kappa shape index (κ2) is 7.41. The number of amides is 1. The highest BCUT2D eigenvalue weighted by atomic mass is 19.4. The van der Waals surface area contributed by atoms with E-state index in [4.69, 9.17) is 0 Å². The van der Waals surface area contributed by atoms with E-state index in [0.29, 0.717) is 0 Å². The molecule has 1 N–H and O–H groups in total. The summed E-state index contributed by atoms with van der Waals surface area (Å²) in [6.45, 7) is -4.48. The van der Waals surface area contributed by atoms with Gasteiger partial charge in [-0.3, -0.25) is 4.79 Å². The minimum Gasteiger partial charge on any atom is -0.370 e. The first kappa shape index (κ1) is 17.0. The molecule has 0 aromatic heterocycles. The number of hydrogen-bond acceptors (Lipinski definition) is 3. The summed E-state index contributed by atoms with van der Waals surface area (Å²) in [5.41, 5.74) is 0. The number of hydrogen-bond donors (Lipinski definition) is 1. The molecular formula is C8H11F6NO3. The number of ether oxygens (including phenoxy) is 2. The summed E-state index contributed by atoms with van der Waals surface area (Å²) < 4.78 is 77.7. The Balaban J connectivity index is 3.44. The van der Waals surface area contributed by atoms with Crippen LogP contribution in [0.25, 0.3) is 0 Å². The number of alkyl halides is 6. The lowest BCUT2D eigenvalue weighted by Gasteiger charge is -2.09. The van der Waals surface area contributed by atoms with E-state index in [9.17, 15) is 31.1 Å². The van der Waals surface area contributed by atoms with E-state index in [2.05, 4.69) is 9.47 Å². The lowest BCUT2D eigenvalue weighted by Crippen LogP contribution is -2.32. The van der Waals surface area contributed by atoms with E-state index in [-0.39, 0.29) is 6.54 Å². The third-order valence-electron chi connectivity index (χ3n) is 1.33. The fourth-order valence-electron chi connectivity index (χ4n) is 0.761. The van der Waals surface area contributed by atoms with E-state index in [1.807, 2.05) is 5.32 Å². The zero-order valence-electron chi connectivity index (χ0n) is 9.03. The molecule has 0 spiro atoms. The van der Waals surface area contributed by atoms with Crippen molar-refractivity contribution in [3.05, 3.63) is 0 Å². The molecule has 0 heterocycles. The molecule has 0 saturated carbocycles. The van der Waals surface area contributed by atoms with Crippen molar-refractivity contribution >= 4 is 5.91 Å². The van der Waals surface area contributed by atoms with Crippen LogP contribution in [0.4, 0.5) is 26.3 Å². The molecule has 0 rings (SSSR count). The zero-order chi connectivity index (χ0) is 14.2. The average Bonchev–Trinajstić information content (AvgIpc) is 2.13. The minimum absolute atomic E-state index is 0.246. The van der Waals surface area contributed by atoms with Crippen molar-refractivity contribution in [3.63, 3.8) is 0 Å². The van der Waals surface area contributed by atoms with Gasteiger partial charge in [0.05, 0.1) is 6.61 Å². The number of carbonyl (C=O) groups is 1. The van der Waals surface area contributed by atoms with Crippen LogP contribution in [0.3, 0.4) is 0 Å². The standard InChI is InChI=1S/C8H11F6NO3/c9-7(10,11)4-17-2-1-15-6(16)3-18-5-8(12,13)14/h1-5H2,(H,15,16). The van der Waals surface area contributed by atoms with Gasteiger partial charge in [0.25, 0.3) is 0 Å². The van der Waals surface area contributed by atoms with Crippen LogP contribution in [0.1, 0.15) is 0 Å². The third kappa shape index (κ3) is 13.0. The van der Waals surface area contributed by atoms with Gasteiger partial charge < -0.3 is 14.8 Å². The maximum absolute atomic E-state index is 11.6.